The second-order valence-corrected chi connectivity index (χ2v) is 27.2. The number of alkyl halides is 24. The van der Waals surface area contributed by atoms with E-state index in [4.69, 9.17) is 71.6 Å². The summed E-state index contributed by atoms with van der Waals surface area (Å²) in [5.74, 6) is -6.58. The molecule has 0 amide bonds. The van der Waals surface area contributed by atoms with Crippen LogP contribution in [0, 0.1) is 34.0 Å². The third kappa shape index (κ3) is 28.6. The third-order valence-electron chi connectivity index (χ3n) is 18.0. The molecule has 0 bridgehead atoms. The molecule has 18 nitrogen and oxygen atoms in total. The Hall–Kier alpha value is -13.9. The maximum atomic E-state index is 13.3. The van der Waals surface area contributed by atoms with Crippen molar-refractivity contribution in [3.8, 4) is 46.7 Å². The molecule has 0 saturated carbocycles. The Morgan fingerprint density at radius 1 is 0.359 bits per heavy atom. The van der Waals surface area contributed by atoms with E-state index >= 15 is 0 Å². The largest absolute Gasteiger partial charge is 0.490 e. The number of halogens is 24. The summed E-state index contributed by atoms with van der Waals surface area (Å²) in [7, 11) is 1.58. The molecule has 0 spiro atoms. The standard InChI is InChI=1S/2C27H21F6N3O.C26H22F3N3O.3C2HF3O2/c28-26(29,30)21-9-19(10-22(11-21)27(31,32)33)14-36-15-20(7-8-34)24-12-23(5-6-25(24)36)37-16-18-3-1-17(13-35)2-4-18;28-26(29,30)21-9-19(10-22(11-21)27(31,32)33)14-36-15-20(6-7-34)24-12-23(4-5-25(24)36)37-16-18-3-1-2-17(8-18)13-35;1-33-25-22(11-12-30)23-14-20(19-4-2-3-18(13-19)15-31)7-10-24(23)32(25)16-17-5-8-21(9-6-17)26(27,28)29;3*3-2(4,5)1(6)7/h1-6,9-12,15H,7-8,14,16,34H2;1-5,8-12,15H,6-7,14,16,34H2;2-10,13-14H,11-12,16,30H2,1H3;3*(H,6,7). The number of nitriles is 3. The molecule has 9 N–H and O–H groups in total. The molecule has 12 aromatic rings. The zero-order valence-corrected chi connectivity index (χ0v) is 65.6. The molecule has 12 rings (SSSR count). The van der Waals surface area contributed by atoms with Crippen molar-refractivity contribution < 1.29 is 149 Å². The first-order valence-corrected chi connectivity index (χ1v) is 36.5. The van der Waals surface area contributed by atoms with Crippen LogP contribution in [-0.4, -0.2) is 92.2 Å². The number of nitrogens with two attached hydrogens (primary N) is 3. The lowest BCUT2D eigenvalue weighted by molar-refractivity contribution is -0.193. The normalized spacial score (nSPS) is 11.8. The number of aromatic nitrogens is 3. The number of carboxylic acids is 3. The molecule has 0 radical (unpaired) electrons. The molecule has 9 aromatic carbocycles. The Morgan fingerprint density at radius 2 is 0.727 bits per heavy atom. The van der Waals surface area contributed by atoms with Gasteiger partial charge in [0.25, 0.3) is 0 Å². The fourth-order valence-electron chi connectivity index (χ4n) is 12.3. The van der Waals surface area contributed by atoms with E-state index in [9.17, 15) is 111 Å². The Morgan fingerprint density at radius 3 is 1.10 bits per heavy atom. The molecule has 678 valence electrons. The van der Waals surface area contributed by atoms with Crippen LogP contribution in [0.3, 0.4) is 0 Å². The van der Waals surface area contributed by atoms with Crippen molar-refractivity contribution in [3.63, 3.8) is 0 Å². The van der Waals surface area contributed by atoms with Crippen LogP contribution in [0.2, 0.25) is 0 Å². The number of ether oxygens (including phenoxy) is 3. The van der Waals surface area contributed by atoms with Crippen molar-refractivity contribution in [3.05, 3.63) is 289 Å². The molecule has 128 heavy (non-hydrogen) atoms. The van der Waals surface area contributed by atoms with Gasteiger partial charge in [0.1, 0.15) is 24.7 Å². The molecular formula is C86H67F24N9O9. The van der Waals surface area contributed by atoms with Gasteiger partial charge in [0.05, 0.1) is 81.9 Å². The first-order chi connectivity index (χ1) is 59.6. The van der Waals surface area contributed by atoms with Gasteiger partial charge in [-0.15, -0.1) is 0 Å². The van der Waals surface area contributed by atoms with E-state index in [2.05, 4.69) is 12.1 Å². The highest BCUT2D eigenvalue weighted by Crippen LogP contribution is 2.42. The first kappa shape index (κ1) is 101. The number of carboxylic acid groups (broad SMARTS) is 3. The predicted molar refractivity (Wildman–Crippen MR) is 414 cm³/mol. The van der Waals surface area contributed by atoms with Crippen LogP contribution >= 0.6 is 0 Å². The predicted octanol–water partition coefficient (Wildman–Crippen LogP) is 21.0. The van der Waals surface area contributed by atoms with E-state index in [1.54, 1.807) is 114 Å². The summed E-state index contributed by atoms with van der Waals surface area (Å²) in [6.45, 7) is 1.43. The van der Waals surface area contributed by atoms with E-state index in [-0.39, 0.29) is 49.6 Å². The van der Waals surface area contributed by atoms with Crippen LogP contribution < -0.4 is 31.4 Å². The number of hydrogen-bond acceptors (Lipinski definition) is 12. The highest BCUT2D eigenvalue weighted by molar-refractivity contribution is 5.92. The molecule has 0 aliphatic rings. The van der Waals surface area contributed by atoms with Crippen LogP contribution in [0.5, 0.6) is 17.4 Å². The Labute approximate surface area is 708 Å². The molecule has 3 heterocycles. The summed E-state index contributed by atoms with van der Waals surface area (Å²) in [5.41, 5.74) is 21.5. The minimum atomic E-state index is -5.08. The van der Waals surface area contributed by atoms with E-state index < -0.39 is 95.1 Å². The van der Waals surface area contributed by atoms with Gasteiger partial charge in [-0.05, 0) is 222 Å². The van der Waals surface area contributed by atoms with Crippen LogP contribution in [-0.2, 0) is 97.4 Å². The summed E-state index contributed by atoms with van der Waals surface area (Å²) < 4.78 is 316. The van der Waals surface area contributed by atoms with Crippen molar-refractivity contribution >= 4 is 50.6 Å². The fourth-order valence-corrected chi connectivity index (χ4v) is 12.3. The SMILES string of the molecule is COc1c(CCN)c2cc(-c3cccc(C#N)c3)ccc2n1Cc1ccc(C(F)(F)F)cc1.N#Cc1ccc(COc2ccc3c(c2)c(CCN)cn3Cc2cc(C(F)(F)F)cc(C(F)(F)F)c2)cc1.N#Cc1cccc(COc2ccc3c(c2)c(CCN)cn3Cc2cc(C(F)(F)F)cc(C(F)(F)F)c2)c1.O=C(O)C(F)(F)F.O=C(O)C(F)(F)F.O=C(O)C(F)(F)F. The first-order valence-electron chi connectivity index (χ1n) is 36.5. The van der Waals surface area contributed by atoms with E-state index in [0.717, 1.165) is 103 Å². The third-order valence-corrected chi connectivity index (χ3v) is 18.0. The van der Waals surface area contributed by atoms with Crippen molar-refractivity contribution in [2.45, 2.75) is 102 Å². The van der Waals surface area contributed by atoms with E-state index in [1.807, 2.05) is 53.1 Å². The van der Waals surface area contributed by atoms with Crippen molar-refractivity contribution in [1.29, 1.82) is 15.8 Å². The Bertz CT molecular complexity index is 5880. The number of fused-ring (bicyclic) bond motifs is 3. The number of rotatable bonds is 20. The van der Waals surface area contributed by atoms with E-state index in [0.29, 0.717) is 90.5 Å². The van der Waals surface area contributed by atoms with Crippen molar-refractivity contribution in [1.82, 2.24) is 13.7 Å². The maximum absolute atomic E-state index is 13.3. The maximum Gasteiger partial charge on any atom is 0.490 e. The summed E-state index contributed by atoms with van der Waals surface area (Å²) >= 11 is 0. The molecule has 0 fully saturated rings. The molecule has 42 heteroatoms. The second kappa shape index (κ2) is 42.4. The van der Waals surface area contributed by atoms with E-state index in [1.165, 1.54) is 12.1 Å². The molecule has 0 unspecified atom stereocenters. The van der Waals surface area contributed by atoms with Crippen LogP contribution in [0.25, 0.3) is 43.8 Å². The number of carbonyl (C=O) groups is 3. The molecule has 0 saturated heterocycles. The van der Waals surface area contributed by atoms with Crippen LogP contribution in [0.15, 0.2) is 200 Å². The number of methoxy groups -OCH3 is 1. The summed E-state index contributed by atoms with van der Waals surface area (Å²) in [6, 6.07) is 52.1. The van der Waals surface area contributed by atoms with Gasteiger partial charge in [-0.1, -0.05) is 54.6 Å². The lowest BCUT2D eigenvalue weighted by Crippen LogP contribution is -2.21. The lowest BCUT2D eigenvalue weighted by Gasteiger charge is -2.15. The quantitative estimate of drug-likeness (QED) is 0.0387. The molecule has 0 aliphatic heterocycles. The minimum Gasteiger partial charge on any atom is -0.489 e. The molecule has 3 aromatic heterocycles. The van der Waals surface area contributed by atoms with Gasteiger partial charge in [-0.25, -0.2) is 14.4 Å². The smallest absolute Gasteiger partial charge is 0.489 e. The fraction of sp³-hybridized carbons (Fsp3) is 0.233. The summed E-state index contributed by atoms with van der Waals surface area (Å²) in [5, 5.41) is 51.0. The van der Waals surface area contributed by atoms with Gasteiger partial charge in [-0.2, -0.15) is 121 Å². The number of nitrogens with zero attached hydrogens (tertiary/aromatic N) is 6. The average molecular weight is 1830 g/mol. The Kier molecular flexibility index (Phi) is 33.5. The molecule has 0 atom stereocenters. The van der Waals surface area contributed by atoms with Crippen molar-refractivity contribution in [2.24, 2.45) is 17.2 Å². The van der Waals surface area contributed by atoms with Gasteiger partial charge in [0, 0.05) is 58.2 Å². The van der Waals surface area contributed by atoms with Crippen LogP contribution in [0.4, 0.5) is 105 Å². The zero-order chi connectivity index (χ0) is 95.4. The molecular weight excluding hydrogens is 1760 g/mol. The average Bonchev–Trinajstić information content (AvgIpc) is 1.61. The van der Waals surface area contributed by atoms with Gasteiger partial charge in [0.15, 0.2) is 5.88 Å². The van der Waals surface area contributed by atoms with Gasteiger partial charge >= 0.3 is 67.3 Å². The second-order valence-electron chi connectivity index (χ2n) is 27.2. The van der Waals surface area contributed by atoms with Gasteiger partial charge in [-0.3, -0.25) is 0 Å². The highest BCUT2D eigenvalue weighted by Gasteiger charge is 2.42. The topological polar surface area (TPSA) is 304 Å². The zero-order valence-electron chi connectivity index (χ0n) is 65.6. The van der Waals surface area contributed by atoms with Crippen molar-refractivity contribution in [2.75, 3.05) is 26.7 Å². The minimum absolute atomic E-state index is 0.118. The van der Waals surface area contributed by atoms with Gasteiger partial charge in [0.2, 0.25) is 0 Å². The number of benzene rings is 9. The molecule has 0 aliphatic carbocycles. The Balaban J connectivity index is 0.000000236. The number of hydrogen-bond donors (Lipinski definition) is 6. The lowest BCUT2D eigenvalue weighted by atomic mass is 10.00. The monoisotopic (exact) mass is 1830 g/mol. The summed E-state index contributed by atoms with van der Waals surface area (Å²) in [6.07, 6.45) is -34.4. The summed E-state index contributed by atoms with van der Waals surface area (Å²) in [4.78, 5) is 26.7. The van der Waals surface area contributed by atoms with Gasteiger partial charge < -0.3 is 60.4 Å². The number of aliphatic carboxylic acids is 3. The van der Waals surface area contributed by atoms with Crippen LogP contribution in [0.1, 0.15) is 89.0 Å². The highest BCUT2D eigenvalue weighted by atomic mass is 19.4.